The van der Waals surface area contributed by atoms with Crippen molar-refractivity contribution in [2.75, 3.05) is 0 Å². The first-order valence-corrected chi connectivity index (χ1v) is 8.11. The van der Waals surface area contributed by atoms with Gasteiger partial charge in [-0.1, -0.05) is 51.9 Å². The number of hydrogen-bond donors (Lipinski definition) is 1. The number of carbonyl (C=O) groups excluding carboxylic acids is 1. The van der Waals surface area contributed by atoms with Crippen LogP contribution in [0, 0.1) is 0 Å². The molecular formula is C16H30O3. The molecule has 1 aliphatic rings. The van der Waals surface area contributed by atoms with Crippen molar-refractivity contribution >= 4 is 5.97 Å². The van der Waals surface area contributed by atoms with Crippen molar-refractivity contribution in [3.8, 4) is 0 Å². The maximum Gasteiger partial charge on any atom is 0.306 e. The fourth-order valence-electron chi connectivity index (χ4n) is 2.67. The van der Waals surface area contributed by atoms with Gasteiger partial charge in [-0.05, 0) is 25.7 Å². The average Bonchev–Trinajstić information content (AvgIpc) is 2.40. The summed E-state index contributed by atoms with van der Waals surface area (Å²) in [6.07, 6.45) is 12.0. The Kier molecular flexibility index (Phi) is 8.89. The molecule has 0 unspecified atom stereocenters. The van der Waals surface area contributed by atoms with Crippen molar-refractivity contribution in [2.45, 2.75) is 96.2 Å². The number of rotatable bonds is 9. The zero-order valence-corrected chi connectivity index (χ0v) is 12.4. The van der Waals surface area contributed by atoms with Gasteiger partial charge < -0.3 is 9.84 Å². The Labute approximate surface area is 117 Å². The SMILES string of the molecule is CCCCCCCCCC(=O)O[C@@H]1CCCC[C@H]1O. The van der Waals surface area contributed by atoms with Crippen LogP contribution in [0.2, 0.25) is 0 Å². The molecule has 1 N–H and O–H groups in total. The molecule has 2 atom stereocenters. The van der Waals surface area contributed by atoms with Crippen molar-refractivity contribution in [1.29, 1.82) is 0 Å². The standard InChI is InChI=1S/C16H30O3/c1-2-3-4-5-6-7-8-13-16(18)19-15-12-10-9-11-14(15)17/h14-15,17H,2-13H2,1H3/t14-,15-/m1/s1. The van der Waals surface area contributed by atoms with Gasteiger partial charge in [0, 0.05) is 6.42 Å². The minimum Gasteiger partial charge on any atom is -0.460 e. The number of unbranched alkanes of at least 4 members (excludes halogenated alkanes) is 6. The van der Waals surface area contributed by atoms with E-state index in [4.69, 9.17) is 4.74 Å². The zero-order chi connectivity index (χ0) is 13.9. The normalized spacial score (nSPS) is 23.3. The third-order valence-electron chi connectivity index (χ3n) is 3.93. The fraction of sp³-hybridized carbons (Fsp3) is 0.938. The highest BCUT2D eigenvalue weighted by Crippen LogP contribution is 2.21. The molecule has 0 aromatic heterocycles. The van der Waals surface area contributed by atoms with Gasteiger partial charge in [0.05, 0.1) is 6.10 Å². The van der Waals surface area contributed by atoms with Crippen molar-refractivity contribution in [3.63, 3.8) is 0 Å². The van der Waals surface area contributed by atoms with Gasteiger partial charge in [0.15, 0.2) is 0 Å². The smallest absolute Gasteiger partial charge is 0.306 e. The Morgan fingerprint density at radius 3 is 2.37 bits per heavy atom. The zero-order valence-electron chi connectivity index (χ0n) is 12.4. The predicted molar refractivity (Wildman–Crippen MR) is 77.0 cm³/mol. The highest BCUT2D eigenvalue weighted by atomic mass is 16.6. The van der Waals surface area contributed by atoms with Crippen LogP contribution < -0.4 is 0 Å². The maximum atomic E-state index is 11.7. The van der Waals surface area contributed by atoms with E-state index in [1.165, 1.54) is 32.1 Å². The molecule has 0 aromatic carbocycles. The van der Waals surface area contributed by atoms with Gasteiger partial charge in [-0.25, -0.2) is 0 Å². The number of esters is 1. The molecule has 0 amide bonds. The Hall–Kier alpha value is -0.570. The third-order valence-corrected chi connectivity index (χ3v) is 3.93. The van der Waals surface area contributed by atoms with E-state index in [1.54, 1.807) is 0 Å². The van der Waals surface area contributed by atoms with E-state index in [-0.39, 0.29) is 12.1 Å². The predicted octanol–water partition coefficient (Wildman–Crippen LogP) is 3.97. The van der Waals surface area contributed by atoms with E-state index < -0.39 is 6.10 Å². The van der Waals surface area contributed by atoms with Gasteiger partial charge in [0.1, 0.15) is 6.10 Å². The third kappa shape index (κ3) is 7.56. The summed E-state index contributed by atoms with van der Waals surface area (Å²) in [4.78, 5) is 11.7. The lowest BCUT2D eigenvalue weighted by atomic mass is 9.95. The molecule has 0 saturated heterocycles. The largest absolute Gasteiger partial charge is 0.460 e. The quantitative estimate of drug-likeness (QED) is 0.509. The van der Waals surface area contributed by atoms with Crippen LogP contribution in [0.3, 0.4) is 0 Å². The maximum absolute atomic E-state index is 11.7. The molecular weight excluding hydrogens is 240 g/mol. The van der Waals surface area contributed by atoms with Crippen LogP contribution in [0.15, 0.2) is 0 Å². The number of ether oxygens (including phenoxy) is 1. The van der Waals surface area contributed by atoms with Gasteiger partial charge in [-0.2, -0.15) is 0 Å². The van der Waals surface area contributed by atoms with Gasteiger partial charge in [-0.15, -0.1) is 0 Å². The highest BCUT2D eigenvalue weighted by Gasteiger charge is 2.26. The molecule has 0 spiro atoms. The average molecular weight is 270 g/mol. The van der Waals surface area contributed by atoms with Gasteiger partial charge >= 0.3 is 5.97 Å². The van der Waals surface area contributed by atoms with Gasteiger partial charge in [0.2, 0.25) is 0 Å². The summed E-state index contributed by atoms with van der Waals surface area (Å²) in [6.45, 7) is 2.22. The van der Waals surface area contributed by atoms with E-state index in [9.17, 15) is 9.90 Å². The summed E-state index contributed by atoms with van der Waals surface area (Å²) in [7, 11) is 0. The second kappa shape index (κ2) is 10.2. The summed E-state index contributed by atoms with van der Waals surface area (Å²) < 4.78 is 5.36. The Morgan fingerprint density at radius 1 is 1.05 bits per heavy atom. The van der Waals surface area contributed by atoms with Crippen molar-refractivity contribution < 1.29 is 14.6 Å². The van der Waals surface area contributed by atoms with Crippen LogP contribution >= 0.6 is 0 Å². The lowest BCUT2D eigenvalue weighted by Crippen LogP contribution is -2.34. The molecule has 0 aliphatic heterocycles. The molecule has 1 aliphatic carbocycles. The first kappa shape index (κ1) is 16.5. The molecule has 0 radical (unpaired) electrons. The minimum absolute atomic E-state index is 0.125. The van der Waals surface area contributed by atoms with Crippen molar-refractivity contribution in [1.82, 2.24) is 0 Å². The molecule has 0 bridgehead atoms. The topological polar surface area (TPSA) is 46.5 Å². The molecule has 0 aromatic rings. The molecule has 1 fully saturated rings. The van der Waals surface area contributed by atoms with Crippen LogP contribution in [0.5, 0.6) is 0 Å². The molecule has 1 rings (SSSR count). The molecule has 112 valence electrons. The lowest BCUT2D eigenvalue weighted by molar-refractivity contribution is -0.157. The Morgan fingerprint density at radius 2 is 1.68 bits per heavy atom. The van der Waals surface area contributed by atoms with E-state index in [0.717, 1.165) is 38.5 Å². The van der Waals surface area contributed by atoms with Crippen LogP contribution in [0.4, 0.5) is 0 Å². The van der Waals surface area contributed by atoms with Crippen LogP contribution in [-0.2, 0) is 9.53 Å². The summed E-state index contributed by atoms with van der Waals surface area (Å²) in [5.74, 6) is -0.125. The summed E-state index contributed by atoms with van der Waals surface area (Å²) >= 11 is 0. The van der Waals surface area contributed by atoms with Gasteiger partial charge in [-0.3, -0.25) is 4.79 Å². The number of aliphatic hydroxyl groups is 1. The first-order valence-electron chi connectivity index (χ1n) is 8.11. The second-order valence-electron chi connectivity index (χ2n) is 5.75. The Balaban J connectivity index is 1.98. The van der Waals surface area contributed by atoms with Crippen molar-refractivity contribution in [2.24, 2.45) is 0 Å². The van der Waals surface area contributed by atoms with Crippen LogP contribution in [-0.4, -0.2) is 23.3 Å². The highest BCUT2D eigenvalue weighted by molar-refractivity contribution is 5.69. The first-order chi connectivity index (χ1) is 9.24. The molecule has 19 heavy (non-hydrogen) atoms. The lowest BCUT2D eigenvalue weighted by Gasteiger charge is -2.27. The van der Waals surface area contributed by atoms with E-state index in [1.807, 2.05) is 0 Å². The van der Waals surface area contributed by atoms with E-state index in [2.05, 4.69) is 6.92 Å². The monoisotopic (exact) mass is 270 g/mol. The van der Waals surface area contributed by atoms with Gasteiger partial charge in [0.25, 0.3) is 0 Å². The molecule has 3 nitrogen and oxygen atoms in total. The van der Waals surface area contributed by atoms with Crippen LogP contribution in [0.1, 0.15) is 84.0 Å². The molecule has 0 heterocycles. The number of aliphatic hydroxyl groups excluding tert-OH is 1. The molecule has 1 saturated carbocycles. The number of hydrogen-bond acceptors (Lipinski definition) is 3. The second-order valence-corrected chi connectivity index (χ2v) is 5.75. The summed E-state index contributed by atoms with van der Waals surface area (Å²) in [6, 6.07) is 0. The fourth-order valence-corrected chi connectivity index (χ4v) is 2.67. The summed E-state index contributed by atoms with van der Waals surface area (Å²) in [5.41, 5.74) is 0. The van der Waals surface area contributed by atoms with Crippen molar-refractivity contribution in [3.05, 3.63) is 0 Å². The van der Waals surface area contributed by atoms with E-state index in [0.29, 0.717) is 6.42 Å². The minimum atomic E-state index is -0.438. The molecule has 3 heteroatoms. The van der Waals surface area contributed by atoms with Crippen LogP contribution in [0.25, 0.3) is 0 Å². The summed E-state index contributed by atoms with van der Waals surface area (Å²) in [5, 5.41) is 9.73. The number of carbonyl (C=O) groups is 1. The van der Waals surface area contributed by atoms with E-state index >= 15 is 0 Å². The Bertz CT molecular complexity index is 240.